The van der Waals surface area contributed by atoms with Crippen molar-refractivity contribution in [3.63, 3.8) is 0 Å². The Morgan fingerprint density at radius 1 is 1.29 bits per heavy atom. The molecule has 0 saturated carbocycles. The topological polar surface area (TPSA) is 61.4 Å². The molecule has 0 amide bonds. The third kappa shape index (κ3) is 3.96. The summed E-state index contributed by atoms with van der Waals surface area (Å²) in [5, 5.41) is 6.89. The maximum Gasteiger partial charge on any atom is 0.242 e. The van der Waals surface area contributed by atoms with Crippen LogP contribution in [0.4, 0.5) is 5.69 Å². The van der Waals surface area contributed by atoms with Crippen LogP contribution < -0.4 is 10.6 Å². The minimum absolute atomic E-state index is 0.324. The molecule has 2 rings (SSSR count). The van der Waals surface area contributed by atoms with E-state index < -0.39 is 10.0 Å². The van der Waals surface area contributed by atoms with Crippen molar-refractivity contribution in [1.82, 2.24) is 9.62 Å². The quantitative estimate of drug-likeness (QED) is 0.869. The van der Waals surface area contributed by atoms with Crippen molar-refractivity contribution >= 4 is 15.7 Å². The van der Waals surface area contributed by atoms with Crippen LogP contribution in [0.3, 0.4) is 0 Å². The fraction of sp³-hybridized carbons (Fsp3) is 0.600. The van der Waals surface area contributed by atoms with E-state index in [4.69, 9.17) is 0 Å². The first kappa shape index (κ1) is 16.3. The summed E-state index contributed by atoms with van der Waals surface area (Å²) >= 11 is 0. The Bertz CT molecular complexity index is 549. The summed E-state index contributed by atoms with van der Waals surface area (Å²) in [7, 11) is -0.264. The standard InChI is InChI=1S/C15H25N3O2S/c1-12(13-5-4-10-16-11-13)17-14-6-8-15(9-7-14)21(19,20)18(2)3/h6-9,12-13,16-17H,4-5,10-11H2,1-3H3. The van der Waals surface area contributed by atoms with Gasteiger partial charge in [0, 0.05) is 25.8 Å². The molecular weight excluding hydrogens is 286 g/mol. The first-order valence-electron chi connectivity index (χ1n) is 7.41. The van der Waals surface area contributed by atoms with Gasteiger partial charge in [0.15, 0.2) is 0 Å². The monoisotopic (exact) mass is 311 g/mol. The van der Waals surface area contributed by atoms with Crippen LogP contribution in [0, 0.1) is 5.92 Å². The van der Waals surface area contributed by atoms with Crippen molar-refractivity contribution in [1.29, 1.82) is 0 Å². The Labute approximate surface area is 127 Å². The number of hydrogen-bond donors (Lipinski definition) is 2. The van der Waals surface area contributed by atoms with Gasteiger partial charge >= 0.3 is 0 Å². The molecule has 0 aliphatic carbocycles. The van der Waals surface area contributed by atoms with E-state index in [0.29, 0.717) is 16.9 Å². The van der Waals surface area contributed by atoms with Crippen molar-refractivity contribution < 1.29 is 8.42 Å². The van der Waals surface area contributed by atoms with Crippen molar-refractivity contribution in [2.45, 2.75) is 30.7 Å². The van der Waals surface area contributed by atoms with Crippen LogP contribution in [0.15, 0.2) is 29.2 Å². The van der Waals surface area contributed by atoms with Crippen molar-refractivity contribution in [3.8, 4) is 0 Å². The summed E-state index contributed by atoms with van der Waals surface area (Å²) in [6, 6.07) is 7.35. The second kappa shape index (κ2) is 6.77. The molecule has 1 fully saturated rings. The molecule has 2 N–H and O–H groups in total. The summed E-state index contributed by atoms with van der Waals surface area (Å²) in [5.41, 5.74) is 0.964. The average Bonchev–Trinajstić information content (AvgIpc) is 2.48. The summed E-state index contributed by atoms with van der Waals surface area (Å²) in [6.07, 6.45) is 2.45. The molecule has 0 spiro atoms. The molecule has 1 aromatic carbocycles. The van der Waals surface area contributed by atoms with Gasteiger partial charge in [-0.15, -0.1) is 0 Å². The number of sulfonamides is 1. The number of piperidine rings is 1. The van der Waals surface area contributed by atoms with Gasteiger partial charge in [0.05, 0.1) is 4.90 Å². The molecule has 2 atom stereocenters. The van der Waals surface area contributed by atoms with Gasteiger partial charge in [-0.05, 0) is 63.0 Å². The normalized spacial score (nSPS) is 21.2. The predicted molar refractivity (Wildman–Crippen MR) is 86.0 cm³/mol. The SMILES string of the molecule is CC(Nc1ccc(S(=O)(=O)N(C)C)cc1)C1CCCNC1. The van der Waals surface area contributed by atoms with Crippen LogP contribution in [0.5, 0.6) is 0 Å². The molecule has 0 bridgehead atoms. The maximum atomic E-state index is 12.0. The molecule has 2 unspecified atom stereocenters. The molecule has 1 aliphatic rings. The molecule has 1 aromatic rings. The fourth-order valence-corrected chi connectivity index (χ4v) is 3.52. The Hall–Kier alpha value is -1.11. The Kier molecular flexibility index (Phi) is 5.24. The second-order valence-electron chi connectivity index (χ2n) is 5.85. The zero-order chi connectivity index (χ0) is 15.5. The van der Waals surface area contributed by atoms with Crippen LogP contribution in [0.25, 0.3) is 0 Å². The number of benzene rings is 1. The van der Waals surface area contributed by atoms with Gasteiger partial charge < -0.3 is 10.6 Å². The van der Waals surface area contributed by atoms with Gasteiger partial charge in [-0.25, -0.2) is 12.7 Å². The van der Waals surface area contributed by atoms with Gasteiger partial charge in [-0.3, -0.25) is 0 Å². The number of hydrogen-bond acceptors (Lipinski definition) is 4. The van der Waals surface area contributed by atoms with E-state index in [1.165, 1.54) is 17.1 Å². The second-order valence-corrected chi connectivity index (χ2v) is 8.00. The van der Waals surface area contributed by atoms with Gasteiger partial charge in [0.25, 0.3) is 0 Å². The zero-order valence-corrected chi connectivity index (χ0v) is 13.8. The number of nitrogens with zero attached hydrogens (tertiary/aromatic N) is 1. The third-order valence-corrected chi connectivity index (χ3v) is 5.90. The lowest BCUT2D eigenvalue weighted by Gasteiger charge is -2.29. The first-order valence-corrected chi connectivity index (χ1v) is 8.85. The highest BCUT2D eigenvalue weighted by atomic mass is 32.2. The highest BCUT2D eigenvalue weighted by Gasteiger charge is 2.20. The molecule has 1 aliphatic heterocycles. The van der Waals surface area contributed by atoms with E-state index in [2.05, 4.69) is 17.6 Å². The van der Waals surface area contributed by atoms with E-state index in [-0.39, 0.29) is 0 Å². The van der Waals surface area contributed by atoms with Gasteiger partial charge in [-0.2, -0.15) is 0 Å². The molecule has 1 saturated heterocycles. The van der Waals surface area contributed by atoms with E-state index in [9.17, 15) is 8.42 Å². The number of anilines is 1. The van der Waals surface area contributed by atoms with E-state index >= 15 is 0 Å². The minimum Gasteiger partial charge on any atom is -0.382 e. The molecule has 0 aromatic heterocycles. The van der Waals surface area contributed by atoms with Crippen molar-refractivity contribution in [2.75, 3.05) is 32.5 Å². The van der Waals surface area contributed by atoms with Crippen LogP contribution in [0.1, 0.15) is 19.8 Å². The third-order valence-electron chi connectivity index (χ3n) is 4.07. The molecule has 0 radical (unpaired) electrons. The van der Waals surface area contributed by atoms with Crippen molar-refractivity contribution in [3.05, 3.63) is 24.3 Å². The van der Waals surface area contributed by atoms with E-state index in [1.807, 2.05) is 12.1 Å². The van der Waals surface area contributed by atoms with Crippen LogP contribution >= 0.6 is 0 Å². The maximum absolute atomic E-state index is 12.0. The van der Waals surface area contributed by atoms with Crippen LogP contribution in [0.2, 0.25) is 0 Å². The van der Waals surface area contributed by atoms with Crippen LogP contribution in [-0.4, -0.2) is 45.9 Å². The first-order chi connectivity index (χ1) is 9.91. The largest absolute Gasteiger partial charge is 0.382 e. The summed E-state index contributed by atoms with van der Waals surface area (Å²) in [5.74, 6) is 0.615. The van der Waals surface area contributed by atoms with Crippen molar-refractivity contribution in [2.24, 2.45) is 5.92 Å². The number of rotatable bonds is 5. The lowest BCUT2D eigenvalue weighted by molar-refractivity contribution is 0.347. The molecular formula is C15H25N3O2S. The fourth-order valence-electron chi connectivity index (χ4n) is 2.62. The number of nitrogens with one attached hydrogen (secondary N) is 2. The van der Waals surface area contributed by atoms with E-state index in [1.54, 1.807) is 26.2 Å². The van der Waals surface area contributed by atoms with Gasteiger partial charge in [0.1, 0.15) is 0 Å². The molecule has 5 nitrogen and oxygen atoms in total. The van der Waals surface area contributed by atoms with Gasteiger partial charge in [-0.1, -0.05) is 0 Å². The van der Waals surface area contributed by atoms with Gasteiger partial charge in [0.2, 0.25) is 10.0 Å². The summed E-state index contributed by atoms with van der Waals surface area (Å²) in [6.45, 7) is 4.34. The molecule has 6 heteroatoms. The molecule has 118 valence electrons. The lowest BCUT2D eigenvalue weighted by Crippen LogP contribution is -2.38. The molecule has 1 heterocycles. The highest BCUT2D eigenvalue weighted by Crippen LogP contribution is 2.21. The Morgan fingerprint density at radius 2 is 1.95 bits per heavy atom. The average molecular weight is 311 g/mol. The summed E-state index contributed by atoms with van der Waals surface area (Å²) in [4.78, 5) is 0.324. The minimum atomic E-state index is -3.35. The Balaban J connectivity index is 2.02. The predicted octanol–water partition coefficient (Wildman–Crippen LogP) is 1.74. The summed E-state index contributed by atoms with van der Waals surface area (Å²) < 4.78 is 25.2. The smallest absolute Gasteiger partial charge is 0.242 e. The highest BCUT2D eigenvalue weighted by molar-refractivity contribution is 7.89. The zero-order valence-electron chi connectivity index (χ0n) is 13.0. The van der Waals surface area contributed by atoms with Crippen LogP contribution in [-0.2, 0) is 10.0 Å². The molecule has 21 heavy (non-hydrogen) atoms. The lowest BCUT2D eigenvalue weighted by atomic mass is 9.92. The Morgan fingerprint density at radius 3 is 2.48 bits per heavy atom. The van der Waals surface area contributed by atoms with E-state index in [0.717, 1.165) is 18.8 Å².